The molecule has 0 unspecified atom stereocenters. The van der Waals surface area contributed by atoms with Gasteiger partial charge in [-0.05, 0) is 83.9 Å². The van der Waals surface area contributed by atoms with Crippen LogP contribution in [0.15, 0.2) is 59.5 Å². The van der Waals surface area contributed by atoms with Gasteiger partial charge in [0, 0.05) is 72.2 Å². The summed E-state index contributed by atoms with van der Waals surface area (Å²) in [5.41, 5.74) is 5.95. The van der Waals surface area contributed by atoms with E-state index in [-0.39, 0.29) is 16.6 Å². The van der Waals surface area contributed by atoms with E-state index in [1.54, 1.807) is 6.07 Å². The van der Waals surface area contributed by atoms with Gasteiger partial charge in [0.2, 0.25) is 5.95 Å². The van der Waals surface area contributed by atoms with Gasteiger partial charge in [-0.2, -0.15) is 0 Å². The van der Waals surface area contributed by atoms with E-state index in [1.807, 2.05) is 10.8 Å². The molecule has 0 amide bonds. The first-order chi connectivity index (χ1) is 18.9. The molecule has 1 fully saturated rings. The highest BCUT2D eigenvalue weighted by Gasteiger charge is 2.43. The highest BCUT2D eigenvalue weighted by atomic mass is 16.1. The van der Waals surface area contributed by atoms with Gasteiger partial charge in [-0.25, -0.2) is 4.98 Å². The van der Waals surface area contributed by atoms with Crippen molar-refractivity contribution < 1.29 is 0 Å². The molecule has 2 aliphatic heterocycles. The van der Waals surface area contributed by atoms with E-state index >= 15 is 0 Å². The average Bonchev–Trinajstić information content (AvgIpc) is 3.45. The lowest BCUT2D eigenvalue weighted by atomic mass is 9.97. The Labute approximate surface area is 237 Å². The zero-order valence-electron chi connectivity index (χ0n) is 25.0. The molecular formula is C33H42N6O. The highest BCUT2D eigenvalue weighted by Crippen LogP contribution is 2.39. The molecule has 1 saturated heterocycles. The maximum atomic E-state index is 13.3. The Morgan fingerprint density at radius 2 is 1.60 bits per heavy atom. The third-order valence-electron chi connectivity index (χ3n) is 8.58. The maximum absolute atomic E-state index is 13.3. The van der Waals surface area contributed by atoms with E-state index < -0.39 is 0 Å². The fourth-order valence-corrected chi connectivity index (χ4v) is 6.76. The number of anilines is 2. The lowest BCUT2D eigenvalue weighted by molar-refractivity contribution is 0.209. The lowest BCUT2D eigenvalue weighted by Crippen LogP contribution is -2.52. The Bertz CT molecular complexity index is 1600. The quantitative estimate of drug-likeness (QED) is 0.346. The van der Waals surface area contributed by atoms with Crippen molar-refractivity contribution in [3.05, 3.63) is 65.1 Å². The van der Waals surface area contributed by atoms with E-state index in [4.69, 9.17) is 4.98 Å². The third kappa shape index (κ3) is 4.60. The highest BCUT2D eigenvalue weighted by molar-refractivity contribution is 5.97. The van der Waals surface area contributed by atoms with E-state index in [1.165, 1.54) is 11.3 Å². The molecule has 0 bridgehead atoms. The first-order valence-electron chi connectivity index (χ1n) is 14.6. The van der Waals surface area contributed by atoms with Crippen LogP contribution in [-0.4, -0.2) is 62.7 Å². The molecule has 2 aromatic carbocycles. The van der Waals surface area contributed by atoms with Crippen molar-refractivity contribution in [2.45, 2.75) is 72.1 Å². The minimum atomic E-state index is -0.197. The van der Waals surface area contributed by atoms with Crippen molar-refractivity contribution in [2.75, 3.05) is 36.0 Å². The Kier molecular flexibility index (Phi) is 6.33. The van der Waals surface area contributed by atoms with Crippen LogP contribution in [0.4, 0.5) is 11.6 Å². The predicted octanol–water partition coefficient (Wildman–Crippen LogP) is 5.99. The molecule has 4 aromatic rings. The number of nitrogens with zero attached hydrogens (tertiary/aromatic N) is 5. The minimum absolute atomic E-state index is 0.00449. The summed E-state index contributed by atoms with van der Waals surface area (Å²) in [5.74, 6) is 0.746. The number of hydrogen-bond donors (Lipinski definition) is 1. The third-order valence-corrected chi connectivity index (χ3v) is 8.58. The van der Waals surface area contributed by atoms with Crippen molar-refractivity contribution in [3.63, 3.8) is 0 Å². The fourth-order valence-electron chi connectivity index (χ4n) is 6.76. The molecular weight excluding hydrogens is 496 g/mol. The number of nitrogens with one attached hydrogen (secondary N) is 1. The van der Waals surface area contributed by atoms with Crippen LogP contribution < -0.4 is 15.4 Å². The van der Waals surface area contributed by atoms with E-state index in [2.05, 4.69) is 111 Å². The Hall–Kier alpha value is -3.58. The standard InChI is InChI=1S/C33H42N6O/c1-22(2)36-14-16-37(17-15-36)25-11-8-23(9-12-25)24-10-13-28-26(18-24)27(20-34-28)29-19-30(40)38-21-33(6,7)39(31(38)35-29)32(3,4)5/h8-13,18-20,22,34H,14-17,21H2,1-7H3. The summed E-state index contributed by atoms with van der Waals surface area (Å²) < 4.78 is 1.82. The predicted molar refractivity (Wildman–Crippen MR) is 166 cm³/mol. The van der Waals surface area contributed by atoms with Gasteiger partial charge >= 0.3 is 0 Å². The second-order valence-electron chi connectivity index (χ2n) is 13.3. The van der Waals surface area contributed by atoms with Gasteiger partial charge in [0.15, 0.2) is 0 Å². The zero-order valence-corrected chi connectivity index (χ0v) is 25.0. The van der Waals surface area contributed by atoms with Gasteiger partial charge in [0.25, 0.3) is 5.56 Å². The van der Waals surface area contributed by atoms with Crippen LogP contribution >= 0.6 is 0 Å². The van der Waals surface area contributed by atoms with Crippen molar-refractivity contribution in [1.29, 1.82) is 0 Å². The van der Waals surface area contributed by atoms with Crippen molar-refractivity contribution in [1.82, 2.24) is 19.4 Å². The van der Waals surface area contributed by atoms with Crippen LogP contribution in [0.2, 0.25) is 0 Å². The molecule has 0 atom stereocenters. The van der Waals surface area contributed by atoms with Crippen LogP contribution in [0, 0.1) is 0 Å². The molecule has 0 saturated carbocycles. The largest absolute Gasteiger partial charge is 0.369 e. The summed E-state index contributed by atoms with van der Waals surface area (Å²) >= 11 is 0. The van der Waals surface area contributed by atoms with Gasteiger partial charge in [-0.3, -0.25) is 14.3 Å². The summed E-state index contributed by atoms with van der Waals surface area (Å²) in [6.45, 7) is 20.4. The van der Waals surface area contributed by atoms with Crippen LogP contribution in [0.5, 0.6) is 0 Å². The minimum Gasteiger partial charge on any atom is -0.369 e. The molecule has 2 aromatic heterocycles. The van der Waals surface area contributed by atoms with Crippen molar-refractivity contribution >= 4 is 22.5 Å². The molecule has 6 rings (SSSR count). The number of piperazine rings is 1. The topological polar surface area (TPSA) is 60.4 Å². The molecule has 1 N–H and O–H groups in total. The Balaban J connectivity index is 1.32. The van der Waals surface area contributed by atoms with Gasteiger partial charge in [0.1, 0.15) is 0 Å². The van der Waals surface area contributed by atoms with Crippen LogP contribution in [0.3, 0.4) is 0 Å². The van der Waals surface area contributed by atoms with Gasteiger partial charge in [0.05, 0.1) is 17.8 Å². The number of benzene rings is 2. The molecule has 40 heavy (non-hydrogen) atoms. The molecule has 0 radical (unpaired) electrons. The van der Waals surface area contributed by atoms with Gasteiger partial charge in [-0.1, -0.05) is 18.2 Å². The average molecular weight is 539 g/mol. The van der Waals surface area contributed by atoms with Crippen LogP contribution in [0.1, 0.15) is 48.5 Å². The summed E-state index contributed by atoms with van der Waals surface area (Å²) in [6, 6.07) is 17.7. The first kappa shape index (κ1) is 26.6. The first-order valence-corrected chi connectivity index (χ1v) is 14.6. The molecule has 210 valence electrons. The summed E-state index contributed by atoms with van der Waals surface area (Å²) in [4.78, 5) is 29.1. The molecule has 0 aliphatic carbocycles. The van der Waals surface area contributed by atoms with Crippen LogP contribution in [-0.2, 0) is 6.54 Å². The lowest BCUT2D eigenvalue weighted by Gasteiger charge is -2.42. The molecule has 7 nitrogen and oxygen atoms in total. The molecule has 2 aliphatic rings. The summed E-state index contributed by atoms with van der Waals surface area (Å²) in [5, 5.41) is 1.07. The second kappa shape index (κ2) is 9.51. The fraction of sp³-hybridized carbons (Fsp3) is 0.455. The number of hydrogen-bond acceptors (Lipinski definition) is 5. The summed E-state index contributed by atoms with van der Waals surface area (Å²) in [7, 11) is 0. The second-order valence-corrected chi connectivity index (χ2v) is 13.3. The van der Waals surface area contributed by atoms with E-state index in [9.17, 15) is 4.79 Å². The van der Waals surface area contributed by atoms with E-state index in [0.717, 1.165) is 54.2 Å². The number of aromatic amines is 1. The monoisotopic (exact) mass is 538 g/mol. The van der Waals surface area contributed by atoms with Crippen molar-refractivity contribution in [3.8, 4) is 22.4 Å². The summed E-state index contributed by atoms with van der Waals surface area (Å²) in [6.07, 6.45) is 1.98. The Morgan fingerprint density at radius 3 is 2.25 bits per heavy atom. The number of aromatic nitrogens is 3. The zero-order chi connectivity index (χ0) is 28.4. The normalized spacial score (nSPS) is 17.7. The van der Waals surface area contributed by atoms with Gasteiger partial charge in [-0.15, -0.1) is 0 Å². The molecule has 0 spiro atoms. The number of H-pyrrole nitrogens is 1. The number of rotatable bonds is 4. The molecule has 4 heterocycles. The molecule has 7 heteroatoms. The smallest absolute Gasteiger partial charge is 0.255 e. The SMILES string of the molecule is CC(C)N1CCN(c2ccc(-c3ccc4[nH]cc(-c5cc(=O)n6c(n5)N(C(C)(C)C)C(C)(C)C6)c4c3)cc2)CC1. The number of fused-ring (bicyclic) bond motifs is 2. The van der Waals surface area contributed by atoms with E-state index in [0.29, 0.717) is 18.3 Å². The maximum Gasteiger partial charge on any atom is 0.255 e. The van der Waals surface area contributed by atoms with Crippen molar-refractivity contribution in [2.24, 2.45) is 0 Å². The Morgan fingerprint density at radius 1 is 0.925 bits per heavy atom. The van der Waals surface area contributed by atoms with Crippen LogP contribution in [0.25, 0.3) is 33.3 Å². The van der Waals surface area contributed by atoms with Gasteiger partial charge < -0.3 is 14.8 Å².